The summed E-state index contributed by atoms with van der Waals surface area (Å²) < 4.78 is 37.7. The summed E-state index contributed by atoms with van der Waals surface area (Å²) in [5.41, 5.74) is -0.217. The number of nitrogens with one attached hydrogen (secondary N) is 1. The average Bonchev–Trinajstić information content (AvgIpc) is 2.47. The van der Waals surface area contributed by atoms with Gasteiger partial charge >= 0.3 is 6.18 Å². The van der Waals surface area contributed by atoms with E-state index in [0.717, 1.165) is 12.1 Å². The molecule has 0 aliphatic rings. The average molecular weight is 296 g/mol. The van der Waals surface area contributed by atoms with Crippen molar-refractivity contribution in [1.82, 2.24) is 4.98 Å². The van der Waals surface area contributed by atoms with E-state index in [1.807, 2.05) is 0 Å². The first kappa shape index (κ1) is 15.0. The number of nitrogens with zero attached hydrogens (tertiary/aromatic N) is 1. The van der Waals surface area contributed by atoms with E-state index >= 15 is 0 Å². The number of benzene rings is 1. The summed E-state index contributed by atoms with van der Waals surface area (Å²) in [5.74, 6) is -0.577. The highest BCUT2D eigenvalue weighted by Gasteiger charge is 2.30. The van der Waals surface area contributed by atoms with Crippen molar-refractivity contribution in [2.24, 2.45) is 0 Å². The van der Waals surface area contributed by atoms with E-state index in [1.165, 1.54) is 30.5 Å². The fourth-order valence-electron chi connectivity index (χ4n) is 1.63. The van der Waals surface area contributed by atoms with Crippen LogP contribution in [-0.4, -0.2) is 16.0 Å². The van der Waals surface area contributed by atoms with E-state index in [4.69, 9.17) is 5.11 Å². The number of aromatic nitrogens is 1. The van der Waals surface area contributed by atoms with Gasteiger partial charge in [0, 0.05) is 11.9 Å². The number of aliphatic hydroxyl groups is 1. The first-order valence-corrected chi connectivity index (χ1v) is 5.94. The van der Waals surface area contributed by atoms with Crippen LogP contribution < -0.4 is 5.32 Å². The van der Waals surface area contributed by atoms with Gasteiger partial charge in [0.2, 0.25) is 0 Å². The third-order valence-corrected chi connectivity index (χ3v) is 2.70. The maximum absolute atomic E-state index is 12.6. The highest BCUT2D eigenvalue weighted by molar-refractivity contribution is 6.04. The van der Waals surface area contributed by atoms with Gasteiger partial charge in [-0.15, -0.1) is 0 Å². The predicted molar refractivity (Wildman–Crippen MR) is 69.6 cm³/mol. The molecular formula is C14H11F3N2O2. The number of carbonyl (C=O) groups excluding carboxylic acids is 1. The molecule has 1 amide bonds. The molecule has 0 radical (unpaired) electrons. The summed E-state index contributed by atoms with van der Waals surface area (Å²) in [6.07, 6.45) is -3.22. The number of anilines is 1. The van der Waals surface area contributed by atoms with Crippen LogP contribution in [-0.2, 0) is 12.8 Å². The molecule has 0 saturated carbocycles. The monoisotopic (exact) mass is 296 g/mol. The highest BCUT2D eigenvalue weighted by atomic mass is 19.4. The summed E-state index contributed by atoms with van der Waals surface area (Å²) in [6, 6.07) is 7.25. The summed E-state index contributed by atoms with van der Waals surface area (Å²) in [7, 11) is 0. The number of carbonyl (C=O) groups is 1. The smallest absolute Gasteiger partial charge is 0.390 e. The quantitative estimate of drug-likeness (QED) is 0.915. The van der Waals surface area contributed by atoms with Gasteiger partial charge in [0.1, 0.15) is 0 Å². The molecule has 0 bridgehead atoms. The van der Waals surface area contributed by atoms with Crippen molar-refractivity contribution in [3.63, 3.8) is 0 Å². The standard InChI is InChI=1S/C14H11F3N2O2/c15-14(16,17)10-2-1-3-11(6-10)19-13(21)9-4-5-12(8-20)18-7-9/h1-7,20H,8H2,(H,19,21). The molecule has 0 aliphatic heterocycles. The molecule has 2 rings (SSSR count). The number of aliphatic hydroxyl groups excluding tert-OH is 1. The van der Waals surface area contributed by atoms with Gasteiger partial charge in [0.05, 0.1) is 23.4 Å². The normalized spacial score (nSPS) is 11.2. The van der Waals surface area contributed by atoms with E-state index in [1.54, 1.807) is 0 Å². The largest absolute Gasteiger partial charge is 0.416 e. The van der Waals surface area contributed by atoms with Crippen LogP contribution in [0.4, 0.5) is 18.9 Å². The maximum atomic E-state index is 12.6. The summed E-state index contributed by atoms with van der Waals surface area (Å²) in [5, 5.41) is 11.2. The van der Waals surface area contributed by atoms with Gasteiger partial charge in [0.15, 0.2) is 0 Å². The third kappa shape index (κ3) is 3.79. The predicted octanol–water partition coefficient (Wildman–Crippen LogP) is 2.85. The van der Waals surface area contributed by atoms with Crippen molar-refractivity contribution in [3.8, 4) is 0 Å². The lowest BCUT2D eigenvalue weighted by Crippen LogP contribution is -2.13. The molecule has 0 spiro atoms. The molecular weight excluding hydrogens is 285 g/mol. The minimum Gasteiger partial charge on any atom is -0.390 e. The number of hydrogen-bond donors (Lipinski definition) is 2. The van der Waals surface area contributed by atoms with E-state index in [2.05, 4.69) is 10.3 Å². The van der Waals surface area contributed by atoms with E-state index in [-0.39, 0.29) is 17.9 Å². The van der Waals surface area contributed by atoms with Gasteiger partial charge in [-0.3, -0.25) is 9.78 Å². The minimum atomic E-state index is -4.47. The number of rotatable bonds is 3. The van der Waals surface area contributed by atoms with Gasteiger partial charge in [0.25, 0.3) is 5.91 Å². The molecule has 1 aromatic carbocycles. The Morgan fingerprint density at radius 1 is 1.24 bits per heavy atom. The summed E-state index contributed by atoms with van der Waals surface area (Å²) in [6.45, 7) is -0.254. The second-order valence-corrected chi connectivity index (χ2v) is 4.23. The molecule has 0 saturated heterocycles. The molecule has 0 atom stereocenters. The maximum Gasteiger partial charge on any atom is 0.416 e. The molecule has 21 heavy (non-hydrogen) atoms. The Hall–Kier alpha value is -2.41. The van der Waals surface area contributed by atoms with Crippen molar-refractivity contribution in [2.75, 3.05) is 5.32 Å². The highest BCUT2D eigenvalue weighted by Crippen LogP contribution is 2.30. The molecule has 0 unspecified atom stereocenters. The zero-order chi connectivity index (χ0) is 15.5. The van der Waals surface area contributed by atoms with Crippen molar-refractivity contribution in [1.29, 1.82) is 0 Å². The third-order valence-electron chi connectivity index (χ3n) is 2.70. The minimum absolute atomic E-state index is 0.0426. The first-order chi connectivity index (χ1) is 9.90. The first-order valence-electron chi connectivity index (χ1n) is 5.94. The molecule has 4 nitrogen and oxygen atoms in total. The topological polar surface area (TPSA) is 62.2 Å². The Kier molecular flexibility index (Phi) is 4.23. The number of pyridine rings is 1. The number of amides is 1. The van der Waals surface area contributed by atoms with Crippen LogP contribution in [0.5, 0.6) is 0 Å². The van der Waals surface area contributed by atoms with Gasteiger partial charge in [-0.1, -0.05) is 6.07 Å². The van der Waals surface area contributed by atoms with E-state index in [0.29, 0.717) is 5.69 Å². The van der Waals surface area contributed by atoms with Gasteiger partial charge in [-0.2, -0.15) is 13.2 Å². The molecule has 7 heteroatoms. The van der Waals surface area contributed by atoms with Crippen LogP contribution in [0.15, 0.2) is 42.6 Å². The van der Waals surface area contributed by atoms with Gasteiger partial charge < -0.3 is 10.4 Å². The van der Waals surface area contributed by atoms with Crippen molar-refractivity contribution < 1.29 is 23.1 Å². The van der Waals surface area contributed by atoms with Crippen LogP contribution in [0.3, 0.4) is 0 Å². The Morgan fingerprint density at radius 2 is 2.00 bits per heavy atom. The second kappa shape index (κ2) is 5.92. The van der Waals surface area contributed by atoms with E-state index < -0.39 is 17.6 Å². The Balaban J connectivity index is 2.15. The molecule has 110 valence electrons. The van der Waals surface area contributed by atoms with Crippen molar-refractivity contribution in [3.05, 3.63) is 59.4 Å². The van der Waals surface area contributed by atoms with Crippen LogP contribution in [0.2, 0.25) is 0 Å². The molecule has 1 aromatic heterocycles. The number of alkyl halides is 3. The Bertz CT molecular complexity index is 639. The fraction of sp³-hybridized carbons (Fsp3) is 0.143. The SMILES string of the molecule is O=C(Nc1cccc(C(F)(F)F)c1)c1ccc(CO)nc1. The second-order valence-electron chi connectivity index (χ2n) is 4.23. The zero-order valence-electron chi connectivity index (χ0n) is 10.7. The molecule has 1 heterocycles. The van der Waals surface area contributed by atoms with Crippen LogP contribution in [0, 0.1) is 0 Å². The van der Waals surface area contributed by atoms with Gasteiger partial charge in [-0.25, -0.2) is 0 Å². The molecule has 0 fully saturated rings. The Labute approximate surface area is 118 Å². The fourth-order valence-corrected chi connectivity index (χ4v) is 1.63. The van der Waals surface area contributed by atoms with Crippen molar-refractivity contribution >= 4 is 11.6 Å². The lowest BCUT2D eigenvalue weighted by molar-refractivity contribution is -0.137. The van der Waals surface area contributed by atoms with E-state index in [9.17, 15) is 18.0 Å². The summed E-state index contributed by atoms with van der Waals surface area (Å²) in [4.78, 5) is 15.7. The molecule has 0 aliphatic carbocycles. The number of hydrogen-bond acceptors (Lipinski definition) is 3. The van der Waals surface area contributed by atoms with Crippen LogP contribution in [0.1, 0.15) is 21.6 Å². The van der Waals surface area contributed by atoms with Crippen LogP contribution >= 0.6 is 0 Å². The lowest BCUT2D eigenvalue weighted by Gasteiger charge is -2.10. The van der Waals surface area contributed by atoms with Gasteiger partial charge in [-0.05, 0) is 30.3 Å². The number of halogens is 3. The Morgan fingerprint density at radius 3 is 2.57 bits per heavy atom. The van der Waals surface area contributed by atoms with Crippen LogP contribution in [0.25, 0.3) is 0 Å². The molecule has 2 N–H and O–H groups in total. The summed E-state index contributed by atoms with van der Waals surface area (Å²) >= 11 is 0. The zero-order valence-corrected chi connectivity index (χ0v) is 10.7. The molecule has 2 aromatic rings. The van der Waals surface area contributed by atoms with Crippen molar-refractivity contribution in [2.45, 2.75) is 12.8 Å². The lowest BCUT2D eigenvalue weighted by atomic mass is 10.2.